The summed E-state index contributed by atoms with van der Waals surface area (Å²) in [5, 5.41) is 6.08. The van der Waals surface area contributed by atoms with Crippen LogP contribution in [-0.2, 0) is 20.8 Å². The molecule has 0 amide bonds. The topological polar surface area (TPSA) is 91.9 Å². The maximum absolute atomic E-state index is 11.8. The Morgan fingerprint density at radius 3 is 2.69 bits per heavy atom. The van der Waals surface area contributed by atoms with E-state index in [4.69, 9.17) is 0 Å². The van der Waals surface area contributed by atoms with Crippen molar-refractivity contribution in [3.8, 4) is 0 Å². The van der Waals surface area contributed by atoms with Crippen molar-refractivity contribution in [2.45, 2.75) is 23.9 Å². The molecule has 0 aromatic carbocycles. The van der Waals surface area contributed by atoms with E-state index in [0.717, 1.165) is 0 Å². The Bertz CT molecular complexity index is 459. The van der Waals surface area contributed by atoms with E-state index in [1.807, 2.05) is 0 Å². The van der Waals surface area contributed by atoms with Crippen LogP contribution in [0.1, 0.15) is 12.8 Å². The van der Waals surface area contributed by atoms with Gasteiger partial charge in [-0.3, -0.25) is 9.31 Å². The second kappa shape index (κ2) is 4.64. The number of nitrogens with zero attached hydrogens (tertiary/aromatic N) is 1. The van der Waals surface area contributed by atoms with E-state index in [2.05, 4.69) is 14.9 Å². The van der Waals surface area contributed by atoms with E-state index in [0.29, 0.717) is 24.3 Å². The third kappa shape index (κ3) is 2.69. The lowest BCUT2D eigenvalue weighted by molar-refractivity contribution is 0.519. The molecule has 6 nitrogen and oxygen atoms in total. The molecule has 1 aromatic rings. The van der Waals surface area contributed by atoms with E-state index in [1.165, 1.54) is 12.3 Å². The Hall–Kier alpha value is -0.730. The van der Waals surface area contributed by atoms with Crippen molar-refractivity contribution in [2.24, 2.45) is 0 Å². The molecule has 16 heavy (non-hydrogen) atoms. The predicted molar refractivity (Wildman–Crippen MR) is 59.8 cm³/mol. The summed E-state index contributed by atoms with van der Waals surface area (Å²) < 4.78 is 37.3. The monoisotopic (exact) mass is 263 g/mol. The lowest BCUT2D eigenvalue weighted by Crippen LogP contribution is -2.39. The third-order valence-electron chi connectivity index (χ3n) is 2.47. The molecule has 2 heterocycles. The fraction of sp³-hybridized carbons (Fsp3) is 0.625. The summed E-state index contributed by atoms with van der Waals surface area (Å²) in [4.78, 5) is 0. The smallest absolute Gasteiger partial charge is 0.257 e. The molecule has 1 aliphatic heterocycles. The molecule has 2 rings (SSSR count). The van der Waals surface area contributed by atoms with Gasteiger partial charge >= 0.3 is 0 Å². The standard InChI is InChI=1S/C8H13N3O3S2/c12-15-5-2-7(3-6-15)11-16(13,14)8-1-4-9-10-8/h1,4,7,11H,2-3,5-6H2,(H,9,10). The van der Waals surface area contributed by atoms with Gasteiger partial charge in [0, 0.05) is 28.3 Å². The van der Waals surface area contributed by atoms with Crippen LogP contribution in [0.5, 0.6) is 0 Å². The molecule has 0 radical (unpaired) electrons. The zero-order chi connectivity index (χ0) is 11.6. The molecule has 2 N–H and O–H groups in total. The number of hydrogen-bond acceptors (Lipinski definition) is 4. The van der Waals surface area contributed by atoms with Crippen LogP contribution in [0.3, 0.4) is 0 Å². The van der Waals surface area contributed by atoms with E-state index in [9.17, 15) is 12.6 Å². The molecule has 0 spiro atoms. The molecule has 1 saturated heterocycles. The van der Waals surface area contributed by atoms with Gasteiger partial charge in [0.15, 0.2) is 5.03 Å². The lowest BCUT2D eigenvalue weighted by atomic mass is 10.2. The minimum atomic E-state index is -3.50. The zero-order valence-corrected chi connectivity index (χ0v) is 10.2. The normalized spacial score (nSPS) is 26.8. The number of hydrogen-bond donors (Lipinski definition) is 2. The van der Waals surface area contributed by atoms with Crippen LogP contribution in [0.2, 0.25) is 0 Å². The molecule has 1 fully saturated rings. The van der Waals surface area contributed by atoms with Crippen molar-refractivity contribution in [3.63, 3.8) is 0 Å². The van der Waals surface area contributed by atoms with Gasteiger partial charge in [-0.15, -0.1) is 0 Å². The van der Waals surface area contributed by atoms with Crippen LogP contribution in [0.25, 0.3) is 0 Å². The first kappa shape index (κ1) is 11.7. The molecule has 0 saturated carbocycles. The number of aromatic amines is 1. The van der Waals surface area contributed by atoms with Gasteiger partial charge in [0.1, 0.15) is 0 Å². The van der Waals surface area contributed by atoms with Gasteiger partial charge in [-0.05, 0) is 18.9 Å². The highest BCUT2D eigenvalue weighted by atomic mass is 32.2. The second-order valence-corrected chi connectivity index (χ2v) is 7.04. The van der Waals surface area contributed by atoms with E-state index in [1.54, 1.807) is 0 Å². The van der Waals surface area contributed by atoms with Crippen molar-refractivity contribution < 1.29 is 12.6 Å². The summed E-state index contributed by atoms with van der Waals surface area (Å²) in [5.74, 6) is 1.13. The van der Waals surface area contributed by atoms with Gasteiger partial charge in [0.25, 0.3) is 10.0 Å². The molecule has 0 bridgehead atoms. The molecule has 90 valence electrons. The first-order valence-electron chi connectivity index (χ1n) is 4.94. The number of rotatable bonds is 3. The molecule has 0 unspecified atom stereocenters. The van der Waals surface area contributed by atoms with Crippen LogP contribution in [0, 0.1) is 0 Å². The summed E-state index contributed by atoms with van der Waals surface area (Å²) in [5.41, 5.74) is 0. The van der Waals surface area contributed by atoms with E-state index >= 15 is 0 Å². The molecular weight excluding hydrogens is 250 g/mol. The minimum Gasteiger partial charge on any atom is -0.266 e. The highest BCUT2D eigenvalue weighted by Crippen LogP contribution is 2.12. The number of aromatic nitrogens is 2. The van der Waals surface area contributed by atoms with Crippen LogP contribution < -0.4 is 4.72 Å². The van der Waals surface area contributed by atoms with Crippen molar-refractivity contribution in [1.29, 1.82) is 0 Å². The summed E-state index contributed by atoms with van der Waals surface area (Å²) in [7, 11) is -4.28. The van der Waals surface area contributed by atoms with Gasteiger partial charge in [0.05, 0.1) is 6.20 Å². The largest absolute Gasteiger partial charge is 0.266 e. The number of H-pyrrole nitrogens is 1. The van der Waals surface area contributed by atoms with Crippen LogP contribution in [-0.4, -0.2) is 40.4 Å². The molecule has 0 aliphatic carbocycles. The SMILES string of the molecule is O=S1CCC(NS(=O)(=O)c2ccn[nH]2)CC1. The van der Waals surface area contributed by atoms with Crippen LogP contribution in [0.4, 0.5) is 0 Å². The van der Waals surface area contributed by atoms with Gasteiger partial charge in [-0.2, -0.15) is 5.10 Å². The van der Waals surface area contributed by atoms with Gasteiger partial charge in [-0.1, -0.05) is 0 Å². The Labute approximate surface area is 96.3 Å². The van der Waals surface area contributed by atoms with Crippen molar-refractivity contribution >= 4 is 20.8 Å². The summed E-state index contributed by atoms with van der Waals surface area (Å²) >= 11 is 0. The average Bonchev–Trinajstić information content (AvgIpc) is 2.75. The highest BCUT2D eigenvalue weighted by Gasteiger charge is 2.24. The number of sulfonamides is 1. The summed E-state index contributed by atoms with van der Waals surface area (Å²) in [6.45, 7) is 0. The Morgan fingerprint density at radius 1 is 1.44 bits per heavy atom. The summed E-state index contributed by atoms with van der Waals surface area (Å²) in [6, 6.07) is 1.29. The molecular formula is C8H13N3O3S2. The van der Waals surface area contributed by atoms with Crippen LogP contribution >= 0.6 is 0 Å². The van der Waals surface area contributed by atoms with Crippen molar-refractivity contribution in [3.05, 3.63) is 12.3 Å². The predicted octanol–water partition coefficient (Wildman–Crippen LogP) is -0.401. The lowest BCUT2D eigenvalue weighted by Gasteiger charge is -2.21. The first-order chi connectivity index (χ1) is 7.58. The molecule has 1 aliphatic rings. The molecule has 0 atom stereocenters. The fourth-order valence-corrected chi connectivity index (χ4v) is 4.10. The van der Waals surface area contributed by atoms with E-state index < -0.39 is 20.8 Å². The van der Waals surface area contributed by atoms with Gasteiger partial charge in [0.2, 0.25) is 0 Å². The van der Waals surface area contributed by atoms with Crippen molar-refractivity contribution in [2.75, 3.05) is 11.5 Å². The molecule has 8 heteroatoms. The Kier molecular flexibility index (Phi) is 3.41. The van der Waals surface area contributed by atoms with Crippen molar-refractivity contribution in [1.82, 2.24) is 14.9 Å². The molecule has 1 aromatic heterocycles. The zero-order valence-electron chi connectivity index (χ0n) is 8.55. The van der Waals surface area contributed by atoms with Gasteiger partial charge in [-0.25, -0.2) is 13.1 Å². The van der Waals surface area contributed by atoms with Gasteiger partial charge < -0.3 is 0 Å². The minimum absolute atomic E-state index is 0.0687. The average molecular weight is 263 g/mol. The first-order valence-corrected chi connectivity index (χ1v) is 7.92. The third-order valence-corrected chi connectivity index (χ3v) is 5.31. The Morgan fingerprint density at radius 2 is 2.12 bits per heavy atom. The summed E-state index contributed by atoms with van der Waals surface area (Å²) in [6.07, 6.45) is 2.64. The maximum atomic E-state index is 11.8. The second-order valence-electron chi connectivity index (χ2n) is 3.66. The number of nitrogens with one attached hydrogen (secondary N) is 2. The Balaban J connectivity index is 2.02. The van der Waals surface area contributed by atoms with E-state index in [-0.39, 0.29) is 11.1 Å². The maximum Gasteiger partial charge on any atom is 0.257 e. The van der Waals surface area contributed by atoms with Crippen LogP contribution in [0.15, 0.2) is 17.3 Å². The fourth-order valence-electron chi connectivity index (χ4n) is 1.59. The highest BCUT2D eigenvalue weighted by molar-refractivity contribution is 7.89. The quantitative estimate of drug-likeness (QED) is 0.776.